The van der Waals surface area contributed by atoms with Crippen LogP contribution in [0.1, 0.15) is 51.6 Å². The molecule has 1 N–H and O–H groups in total. The van der Waals surface area contributed by atoms with Crippen molar-refractivity contribution in [1.82, 2.24) is 15.1 Å². The highest BCUT2D eigenvalue weighted by Crippen LogP contribution is 2.30. The summed E-state index contributed by atoms with van der Waals surface area (Å²) in [6, 6.07) is 1.05. The van der Waals surface area contributed by atoms with Crippen LogP contribution in [0.5, 0.6) is 0 Å². The van der Waals surface area contributed by atoms with Crippen molar-refractivity contribution in [3.8, 4) is 0 Å². The van der Waals surface area contributed by atoms with Gasteiger partial charge in [0.05, 0.1) is 6.20 Å². The Kier molecular flexibility index (Phi) is 3.64. The number of nitrogens with zero attached hydrogens (tertiary/aromatic N) is 2. The highest BCUT2D eigenvalue weighted by Gasteiger charge is 2.25. The molecule has 1 saturated carbocycles. The Labute approximate surface area is 98.2 Å². The number of hydrogen-bond donors (Lipinski definition) is 1. The zero-order chi connectivity index (χ0) is 11.5. The van der Waals surface area contributed by atoms with Gasteiger partial charge in [0, 0.05) is 30.4 Å². The first-order valence-corrected chi connectivity index (χ1v) is 6.49. The number of aryl methyl sites for hydroxylation is 1. The Morgan fingerprint density at radius 1 is 1.50 bits per heavy atom. The standard InChI is InChI=1S/C13H23N3/c1-4-16-9-13(8-14-16)11(3)15-10(2)12-6-5-7-12/h8-12,15H,4-7H2,1-3H3. The summed E-state index contributed by atoms with van der Waals surface area (Å²) in [5.41, 5.74) is 1.30. The fraction of sp³-hybridized carbons (Fsp3) is 0.769. The minimum absolute atomic E-state index is 0.413. The third kappa shape index (κ3) is 2.46. The molecule has 1 fully saturated rings. The van der Waals surface area contributed by atoms with Crippen molar-refractivity contribution in [1.29, 1.82) is 0 Å². The lowest BCUT2D eigenvalue weighted by atomic mass is 9.80. The van der Waals surface area contributed by atoms with E-state index in [1.54, 1.807) is 0 Å². The van der Waals surface area contributed by atoms with Crippen LogP contribution in [-0.2, 0) is 6.54 Å². The maximum absolute atomic E-state index is 4.32. The largest absolute Gasteiger partial charge is 0.307 e. The maximum Gasteiger partial charge on any atom is 0.0537 e. The lowest BCUT2D eigenvalue weighted by Crippen LogP contribution is -2.38. The molecule has 0 bridgehead atoms. The summed E-state index contributed by atoms with van der Waals surface area (Å²) in [6.45, 7) is 7.60. The number of rotatable bonds is 5. The molecule has 1 aromatic heterocycles. The fourth-order valence-corrected chi connectivity index (χ4v) is 2.34. The van der Waals surface area contributed by atoms with Gasteiger partial charge in [-0.25, -0.2) is 0 Å². The second-order valence-corrected chi connectivity index (χ2v) is 5.00. The van der Waals surface area contributed by atoms with Gasteiger partial charge in [-0.15, -0.1) is 0 Å². The number of hydrogen-bond acceptors (Lipinski definition) is 2. The van der Waals surface area contributed by atoms with Crippen molar-refractivity contribution in [2.75, 3.05) is 0 Å². The first-order valence-electron chi connectivity index (χ1n) is 6.49. The minimum Gasteiger partial charge on any atom is -0.307 e. The Balaban J connectivity index is 1.88. The van der Waals surface area contributed by atoms with Crippen molar-refractivity contribution < 1.29 is 0 Å². The lowest BCUT2D eigenvalue weighted by Gasteiger charge is -2.33. The molecule has 1 aliphatic carbocycles. The molecule has 0 spiro atoms. The van der Waals surface area contributed by atoms with Crippen molar-refractivity contribution in [3.63, 3.8) is 0 Å². The molecule has 3 nitrogen and oxygen atoms in total. The Morgan fingerprint density at radius 2 is 2.25 bits per heavy atom. The van der Waals surface area contributed by atoms with Crippen LogP contribution in [0.4, 0.5) is 0 Å². The van der Waals surface area contributed by atoms with Gasteiger partial charge in [0.2, 0.25) is 0 Å². The fourth-order valence-electron chi connectivity index (χ4n) is 2.34. The van der Waals surface area contributed by atoms with Crippen molar-refractivity contribution in [2.45, 2.75) is 58.7 Å². The summed E-state index contributed by atoms with van der Waals surface area (Å²) in [5.74, 6) is 0.892. The molecule has 0 aliphatic heterocycles. The molecular weight excluding hydrogens is 198 g/mol. The second-order valence-electron chi connectivity index (χ2n) is 5.00. The van der Waals surface area contributed by atoms with E-state index in [-0.39, 0.29) is 0 Å². The summed E-state index contributed by atoms with van der Waals surface area (Å²) >= 11 is 0. The van der Waals surface area contributed by atoms with Crippen LogP contribution >= 0.6 is 0 Å². The van der Waals surface area contributed by atoms with Crippen LogP contribution in [-0.4, -0.2) is 15.8 Å². The van der Waals surface area contributed by atoms with E-state index in [0.717, 1.165) is 12.5 Å². The summed E-state index contributed by atoms with van der Waals surface area (Å²) in [6.07, 6.45) is 8.34. The van der Waals surface area contributed by atoms with Crippen LogP contribution in [0.15, 0.2) is 12.4 Å². The predicted octanol–water partition coefficient (Wildman–Crippen LogP) is 2.74. The molecule has 90 valence electrons. The second kappa shape index (κ2) is 5.00. The molecule has 16 heavy (non-hydrogen) atoms. The normalized spacial score (nSPS) is 20.4. The van der Waals surface area contributed by atoms with E-state index >= 15 is 0 Å². The van der Waals surface area contributed by atoms with E-state index in [1.165, 1.54) is 24.8 Å². The van der Waals surface area contributed by atoms with Gasteiger partial charge in [-0.1, -0.05) is 6.42 Å². The van der Waals surface area contributed by atoms with Gasteiger partial charge in [-0.2, -0.15) is 5.10 Å². The van der Waals surface area contributed by atoms with Gasteiger partial charge in [-0.05, 0) is 39.5 Å². The summed E-state index contributed by atoms with van der Waals surface area (Å²) in [7, 11) is 0. The smallest absolute Gasteiger partial charge is 0.0537 e. The highest BCUT2D eigenvalue weighted by atomic mass is 15.3. The summed E-state index contributed by atoms with van der Waals surface area (Å²) in [4.78, 5) is 0. The summed E-state index contributed by atoms with van der Waals surface area (Å²) in [5, 5.41) is 8.00. The van der Waals surface area contributed by atoms with Gasteiger partial charge in [0.1, 0.15) is 0 Å². The molecule has 3 heteroatoms. The van der Waals surface area contributed by atoms with E-state index in [9.17, 15) is 0 Å². The molecule has 1 aliphatic rings. The Bertz CT molecular complexity index is 328. The molecule has 1 aromatic rings. The molecule has 1 heterocycles. The maximum atomic E-state index is 4.32. The van der Waals surface area contributed by atoms with Crippen LogP contribution < -0.4 is 5.32 Å². The zero-order valence-corrected chi connectivity index (χ0v) is 10.6. The van der Waals surface area contributed by atoms with Crippen LogP contribution in [0, 0.1) is 5.92 Å². The van der Waals surface area contributed by atoms with Crippen molar-refractivity contribution in [2.24, 2.45) is 5.92 Å². The SMILES string of the molecule is CCn1cc(C(C)NC(C)C2CCC2)cn1. The minimum atomic E-state index is 0.413. The zero-order valence-electron chi connectivity index (χ0n) is 10.6. The van der Waals surface area contributed by atoms with Gasteiger partial charge in [0.25, 0.3) is 0 Å². The number of aromatic nitrogens is 2. The Hall–Kier alpha value is -0.830. The van der Waals surface area contributed by atoms with Crippen LogP contribution in [0.2, 0.25) is 0 Å². The summed E-state index contributed by atoms with van der Waals surface area (Å²) < 4.78 is 1.99. The molecule has 0 saturated heterocycles. The van der Waals surface area contributed by atoms with E-state index in [4.69, 9.17) is 0 Å². The molecule has 0 aromatic carbocycles. The highest BCUT2D eigenvalue weighted by molar-refractivity contribution is 5.09. The monoisotopic (exact) mass is 221 g/mol. The van der Waals surface area contributed by atoms with Crippen molar-refractivity contribution >= 4 is 0 Å². The van der Waals surface area contributed by atoms with E-state index < -0.39 is 0 Å². The molecule has 2 unspecified atom stereocenters. The third-order valence-corrected chi connectivity index (χ3v) is 3.85. The van der Waals surface area contributed by atoms with Gasteiger partial charge < -0.3 is 5.32 Å². The number of nitrogens with one attached hydrogen (secondary N) is 1. The molecule has 2 rings (SSSR count). The molecular formula is C13H23N3. The third-order valence-electron chi connectivity index (χ3n) is 3.85. The average Bonchev–Trinajstić information content (AvgIpc) is 2.62. The van der Waals surface area contributed by atoms with Crippen molar-refractivity contribution in [3.05, 3.63) is 18.0 Å². The van der Waals surface area contributed by atoms with Gasteiger partial charge in [0.15, 0.2) is 0 Å². The van der Waals surface area contributed by atoms with Crippen LogP contribution in [0.25, 0.3) is 0 Å². The quantitative estimate of drug-likeness (QED) is 0.828. The average molecular weight is 221 g/mol. The first-order chi connectivity index (χ1) is 7.70. The predicted molar refractivity (Wildman–Crippen MR) is 66.3 cm³/mol. The van der Waals surface area contributed by atoms with Gasteiger partial charge >= 0.3 is 0 Å². The van der Waals surface area contributed by atoms with E-state index in [0.29, 0.717) is 12.1 Å². The molecule has 0 amide bonds. The van der Waals surface area contributed by atoms with Crippen LogP contribution in [0.3, 0.4) is 0 Å². The first kappa shape index (κ1) is 11.6. The topological polar surface area (TPSA) is 29.9 Å². The van der Waals surface area contributed by atoms with E-state index in [1.807, 2.05) is 10.9 Å². The Morgan fingerprint density at radius 3 is 2.75 bits per heavy atom. The lowest BCUT2D eigenvalue weighted by molar-refractivity contribution is 0.229. The van der Waals surface area contributed by atoms with Gasteiger partial charge in [-0.3, -0.25) is 4.68 Å². The molecule has 2 atom stereocenters. The molecule has 0 radical (unpaired) electrons. The van der Waals surface area contributed by atoms with E-state index in [2.05, 4.69) is 37.4 Å².